The Hall–Kier alpha value is -3.12. The fraction of sp³-hybridized carbons (Fsp3) is 0.355. The molecule has 0 fully saturated rings. The molecule has 196 valence electrons. The quantitative estimate of drug-likeness (QED) is 0.273. The van der Waals surface area contributed by atoms with E-state index in [1.54, 1.807) is 4.90 Å². The number of nitrogens with zero attached hydrogens (tertiary/aromatic N) is 1. The van der Waals surface area contributed by atoms with Crippen molar-refractivity contribution in [2.45, 2.75) is 65.1 Å². The van der Waals surface area contributed by atoms with Crippen molar-refractivity contribution < 1.29 is 14.3 Å². The number of amides is 2. The Labute approximate surface area is 229 Å². The Balaban J connectivity index is 1.89. The molecule has 0 spiro atoms. The van der Waals surface area contributed by atoms with E-state index in [1.165, 1.54) is 5.56 Å². The van der Waals surface area contributed by atoms with Crippen LogP contribution in [0.3, 0.4) is 0 Å². The number of rotatable bonds is 12. The predicted molar refractivity (Wildman–Crippen MR) is 153 cm³/mol. The van der Waals surface area contributed by atoms with Crippen molar-refractivity contribution >= 4 is 27.7 Å². The minimum absolute atomic E-state index is 0.00400. The van der Waals surface area contributed by atoms with E-state index in [9.17, 15) is 9.59 Å². The van der Waals surface area contributed by atoms with Crippen molar-refractivity contribution in [3.05, 3.63) is 100 Å². The lowest BCUT2D eigenvalue weighted by Gasteiger charge is -2.32. The summed E-state index contributed by atoms with van der Waals surface area (Å²) in [6.45, 7) is 8.41. The topological polar surface area (TPSA) is 58.6 Å². The summed E-state index contributed by atoms with van der Waals surface area (Å²) in [5.74, 6) is 0.638. The van der Waals surface area contributed by atoms with Gasteiger partial charge in [0.1, 0.15) is 11.8 Å². The monoisotopic (exact) mass is 564 g/mol. The molecule has 3 aromatic rings. The number of halogens is 1. The van der Waals surface area contributed by atoms with Gasteiger partial charge in [-0.2, -0.15) is 0 Å². The molecule has 0 aliphatic carbocycles. The zero-order valence-corrected chi connectivity index (χ0v) is 23.7. The normalized spacial score (nSPS) is 12.6. The number of carbonyl (C=O) groups is 2. The molecule has 0 saturated carbocycles. The van der Waals surface area contributed by atoms with Crippen molar-refractivity contribution in [1.82, 2.24) is 10.2 Å². The third-order valence-corrected chi connectivity index (χ3v) is 6.92. The van der Waals surface area contributed by atoms with Crippen LogP contribution >= 0.6 is 15.9 Å². The number of hydrogen-bond acceptors (Lipinski definition) is 3. The van der Waals surface area contributed by atoms with Crippen LogP contribution in [-0.4, -0.2) is 35.4 Å². The van der Waals surface area contributed by atoms with Crippen molar-refractivity contribution in [1.29, 1.82) is 0 Å². The van der Waals surface area contributed by atoms with Gasteiger partial charge in [0.05, 0.1) is 0 Å². The number of carbonyl (C=O) groups excluding carboxylic acids is 2. The first-order valence-electron chi connectivity index (χ1n) is 12.9. The molecule has 2 amide bonds. The van der Waals surface area contributed by atoms with Gasteiger partial charge in [-0.1, -0.05) is 91.3 Å². The maximum Gasteiger partial charge on any atom is 0.261 e. The SMILES string of the molecule is CC[C@@H](C)NC(=O)[C@H](Cc1ccccc1)N(Cc1cccc(Br)c1)C(=O)COc1ccc(C(C)C)cc1. The first kappa shape index (κ1) is 28.5. The molecular formula is C31H37BrN2O3. The molecular weight excluding hydrogens is 528 g/mol. The maximum atomic E-state index is 13.7. The number of nitrogens with one attached hydrogen (secondary N) is 1. The van der Waals surface area contributed by atoms with E-state index >= 15 is 0 Å². The highest BCUT2D eigenvalue weighted by Crippen LogP contribution is 2.21. The van der Waals surface area contributed by atoms with E-state index in [0.717, 1.165) is 22.0 Å². The van der Waals surface area contributed by atoms with Gasteiger partial charge in [-0.25, -0.2) is 0 Å². The Morgan fingerprint density at radius 2 is 1.59 bits per heavy atom. The lowest BCUT2D eigenvalue weighted by molar-refractivity contribution is -0.143. The van der Waals surface area contributed by atoms with Crippen LogP contribution in [0.15, 0.2) is 83.3 Å². The highest BCUT2D eigenvalue weighted by atomic mass is 79.9. The molecule has 0 aliphatic heterocycles. The first-order chi connectivity index (χ1) is 17.8. The molecule has 0 bridgehead atoms. The van der Waals surface area contributed by atoms with E-state index in [4.69, 9.17) is 4.74 Å². The van der Waals surface area contributed by atoms with Crippen molar-refractivity contribution in [2.24, 2.45) is 0 Å². The molecule has 2 atom stereocenters. The molecule has 0 radical (unpaired) electrons. The fourth-order valence-electron chi connectivity index (χ4n) is 4.00. The summed E-state index contributed by atoms with van der Waals surface area (Å²) < 4.78 is 6.81. The van der Waals surface area contributed by atoms with Crippen LogP contribution in [0, 0.1) is 0 Å². The maximum absolute atomic E-state index is 13.7. The highest BCUT2D eigenvalue weighted by molar-refractivity contribution is 9.10. The van der Waals surface area contributed by atoms with Gasteiger partial charge >= 0.3 is 0 Å². The van der Waals surface area contributed by atoms with Crippen molar-refractivity contribution in [2.75, 3.05) is 6.61 Å². The molecule has 0 aliphatic rings. The third-order valence-electron chi connectivity index (χ3n) is 6.42. The van der Waals surface area contributed by atoms with Gasteiger partial charge in [-0.15, -0.1) is 0 Å². The average Bonchev–Trinajstić information content (AvgIpc) is 2.90. The molecule has 3 rings (SSSR count). The summed E-state index contributed by atoms with van der Waals surface area (Å²) in [4.78, 5) is 28.9. The van der Waals surface area contributed by atoms with E-state index in [1.807, 2.05) is 92.7 Å². The standard InChI is InChI=1S/C31H37BrN2O3/c1-5-23(4)33-31(36)29(19-24-10-7-6-8-11-24)34(20-25-12-9-13-27(32)18-25)30(35)21-37-28-16-14-26(15-17-28)22(2)3/h6-18,22-23,29H,5,19-21H2,1-4H3,(H,33,36)/t23-,29+/m1/s1. The number of hydrogen-bond donors (Lipinski definition) is 1. The summed E-state index contributed by atoms with van der Waals surface area (Å²) in [6, 6.07) is 24.7. The van der Waals surface area contributed by atoms with Crippen LogP contribution in [0.5, 0.6) is 5.75 Å². The molecule has 3 aromatic carbocycles. The summed E-state index contributed by atoms with van der Waals surface area (Å²) in [5, 5.41) is 3.09. The number of benzene rings is 3. The molecule has 6 heteroatoms. The zero-order chi connectivity index (χ0) is 26.8. The number of ether oxygens (including phenoxy) is 1. The summed E-state index contributed by atoms with van der Waals surface area (Å²) in [5.41, 5.74) is 3.13. The molecule has 0 unspecified atom stereocenters. The van der Waals surface area contributed by atoms with Crippen LogP contribution in [0.25, 0.3) is 0 Å². The molecule has 5 nitrogen and oxygen atoms in total. The lowest BCUT2D eigenvalue weighted by atomic mass is 10.0. The smallest absolute Gasteiger partial charge is 0.261 e. The van der Waals surface area contributed by atoms with E-state index in [-0.39, 0.29) is 24.5 Å². The van der Waals surface area contributed by atoms with Gasteiger partial charge in [0.25, 0.3) is 5.91 Å². The molecule has 0 aromatic heterocycles. The summed E-state index contributed by atoms with van der Waals surface area (Å²) in [6.07, 6.45) is 1.21. The second kappa shape index (κ2) is 14.0. The summed E-state index contributed by atoms with van der Waals surface area (Å²) >= 11 is 3.52. The van der Waals surface area contributed by atoms with Gasteiger partial charge < -0.3 is 15.0 Å². The average molecular weight is 566 g/mol. The largest absolute Gasteiger partial charge is 0.484 e. The van der Waals surface area contributed by atoms with Gasteiger partial charge in [0.2, 0.25) is 5.91 Å². The van der Waals surface area contributed by atoms with Crippen LogP contribution in [0.1, 0.15) is 56.7 Å². The first-order valence-corrected chi connectivity index (χ1v) is 13.7. The van der Waals surface area contributed by atoms with Gasteiger partial charge in [0.15, 0.2) is 6.61 Å². The van der Waals surface area contributed by atoms with Crippen LogP contribution in [0.2, 0.25) is 0 Å². The summed E-state index contributed by atoms with van der Waals surface area (Å²) in [7, 11) is 0. The Morgan fingerprint density at radius 1 is 0.919 bits per heavy atom. The third kappa shape index (κ3) is 8.74. The van der Waals surface area contributed by atoms with Gasteiger partial charge in [-0.3, -0.25) is 9.59 Å². The van der Waals surface area contributed by atoms with Crippen LogP contribution in [0.4, 0.5) is 0 Å². The van der Waals surface area contributed by atoms with Crippen LogP contribution in [-0.2, 0) is 22.6 Å². The van der Waals surface area contributed by atoms with E-state index in [0.29, 0.717) is 24.6 Å². The van der Waals surface area contributed by atoms with Crippen molar-refractivity contribution in [3.8, 4) is 5.75 Å². The predicted octanol–water partition coefficient (Wildman–Crippen LogP) is 6.51. The molecule has 37 heavy (non-hydrogen) atoms. The molecule has 0 heterocycles. The second-order valence-corrected chi connectivity index (χ2v) is 10.6. The Kier molecular flexibility index (Phi) is 10.8. The van der Waals surface area contributed by atoms with E-state index < -0.39 is 6.04 Å². The minimum atomic E-state index is -0.685. The van der Waals surface area contributed by atoms with E-state index in [2.05, 4.69) is 35.1 Å². The molecule has 1 N–H and O–H groups in total. The van der Waals surface area contributed by atoms with Crippen molar-refractivity contribution in [3.63, 3.8) is 0 Å². The lowest BCUT2D eigenvalue weighted by Crippen LogP contribution is -2.53. The fourth-order valence-corrected chi connectivity index (χ4v) is 4.45. The zero-order valence-electron chi connectivity index (χ0n) is 22.1. The highest BCUT2D eigenvalue weighted by Gasteiger charge is 2.31. The van der Waals surface area contributed by atoms with Gasteiger partial charge in [0, 0.05) is 23.5 Å². The molecule has 0 saturated heterocycles. The Bertz CT molecular complexity index is 1150. The Morgan fingerprint density at radius 3 is 2.22 bits per heavy atom. The van der Waals surface area contributed by atoms with Crippen LogP contribution < -0.4 is 10.1 Å². The minimum Gasteiger partial charge on any atom is -0.484 e. The van der Waals surface area contributed by atoms with Gasteiger partial charge in [-0.05, 0) is 60.2 Å². The second-order valence-electron chi connectivity index (χ2n) is 9.69.